The van der Waals surface area contributed by atoms with Crippen molar-refractivity contribution >= 4 is 20.0 Å². The molecule has 0 aromatic carbocycles. The molecule has 9 nitrogen and oxygen atoms in total. The summed E-state index contributed by atoms with van der Waals surface area (Å²) in [5, 5.41) is 14.1. The average Bonchev–Trinajstić information content (AvgIpc) is 2.58. The van der Waals surface area contributed by atoms with Crippen LogP contribution in [0, 0.1) is 11.3 Å². The quantitative estimate of drug-likeness (QED) is 0.0826. The number of hydrogen-bond acceptors (Lipinski definition) is 8. The molecule has 1 atom stereocenters. The first-order valence-electron chi connectivity index (χ1n) is 7.91. The van der Waals surface area contributed by atoms with E-state index in [0.717, 1.165) is 6.54 Å². The zero-order valence-electron chi connectivity index (χ0n) is 15.3. The molecule has 0 spiro atoms. The molecule has 0 radical (unpaired) electrons. The number of morpholine rings is 1. The molecule has 170 valence electrons. The summed E-state index contributed by atoms with van der Waals surface area (Å²) in [5.74, 6) is -0.205. The van der Waals surface area contributed by atoms with Crippen molar-refractivity contribution in [1.82, 2.24) is 4.90 Å². The molecule has 0 bridgehead atoms. The Morgan fingerprint density at radius 1 is 1.41 bits per heavy atom. The number of likely N-dealkylation sites (N-methyl/N-ethyl adjacent to an activating group) is 1. The van der Waals surface area contributed by atoms with Crippen LogP contribution in [-0.2, 0) is 19.1 Å². The molecule has 0 saturated carbocycles. The number of rotatable bonds is 8. The Hall–Kier alpha value is -2.14. The molecule has 29 heavy (non-hydrogen) atoms. The third-order valence-electron chi connectivity index (χ3n) is 3.08. The van der Waals surface area contributed by atoms with Crippen LogP contribution in [0.2, 0.25) is 0 Å². The first-order chi connectivity index (χ1) is 13.1. The van der Waals surface area contributed by atoms with Crippen molar-refractivity contribution in [2.75, 3.05) is 40.1 Å². The fourth-order valence-electron chi connectivity index (χ4n) is 1.92. The second-order valence-electron chi connectivity index (χ2n) is 5.55. The summed E-state index contributed by atoms with van der Waals surface area (Å²) >= 11 is 0. The third-order valence-corrected chi connectivity index (χ3v) is 3.08. The summed E-state index contributed by atoms with van der Waals surface area (Å²) < 4.78 is 70.0. The number of ether oxygens (including phenoxy) is 2. The van der Waals surface area contributed by atoms with E-state index in [2.05, 4.69) is 10.5 Å². The van der Waals surface area contributed by atoms with Crippen LogP contribution in [0.15, 0.2) is 17.4 Å². The Labute approximate surface area is 162 Å². The van der Waals surface area contributed by atoms with E-state index in [4.69, 9.17) is 25.3 Å². The molecule has 16 heteroatoms. The topological polar surface area (TPSA) is 127 Å². The molecule has 1 aliphatic heterocycles. The second kappa shape index (κ2) is 10.1. The molecule has 0 aromatic heterocycles. The van der Waals surface area contributed by atoms with Crippen LogP contribution < -0.4 is 11.1 Å². The van der Waals surface area contributed by atoms with Crippen LogP contribution in [0.4, 0.5) is 25.2 Å². The standard InChI is InChI=1S/C13H21N5O4.F6P/c1-18(13(3-5-15)10-16-6-8-21-13)11-22-17-12(9-19)20-7-2-4-14;1-7(2,3,4,5)6/h3,5,9,16H,2,6-8,10-11,15H2,1H3;/q;-1/p+1/b5-3+,17-12+;. The van der Waals surface area contributed by atoms with Crippen molar-refractivity contribution in [1.29, 1.82) is 5.26 Å². The molecule has 0 amide bonds. The summed E-state index contributed by atoms with van der Waals surface area (Å²) in [4.78, 5) is 17.6. The Kier molecular flexibility index (Phi) is 9.32. The molecule has 1 fully saturated rings. The van der Waals surface area contributed by atoms with Crippen LogP contribution in [-0.4, -0.2) is 62.9 Å². The first kappa shape index (κ1) is 26.9. The number of hydrogen-bond donors (Lipinski definition) is 2. The second-order valence-corrected chi connectivity index (χ2v) is 7.47. The molecule has 1 rings (SSSR count). The van der Waals surface area contributed by atoms with Gasteiger partial charge in [0.05, 0.1) is 25.6 Å². The maximum absolute atomic E-state index is 10.8. The van der Waals surface area contributed by atoms with Crippen LogP contribution in [0.5, 0.6) is 0 Å². The van der Waals surface area contributed by atoms with Gasteiger partial charge in [-0.2, -0.15) is 5.26 Å². The van der Waals surface area contributed by atoms with Crippen molar-refractivity contribution in [3.05, 3.63) is 12.3 Å². The Balaban J connectivity index is 0.000000956. The average molecular weight is 457 g/mol. The molecule has 0 aliphatic carbocycles. The van der Waals surface area contributed by atoms with Crippen LogP contribution in [0.3, 0.4) is 0 Å². The zero-order valence-corrected chi connectivity index (χ0v) is 16.2. The molecular weight excluding hydrogens is 435 g/mol. The number of aldehydes is 1. The van der Waals surface area contributed by atoms with E-state index in [0.29, 0.717) is 19.4 Å². The van der Waals surface area contributed by atoms with Gasteiger partial charge in [0.15, 0.2) is 12.5 Å². The number of oxime groups is 1. The van der Waals surface area contributed by atoms with E-state index in [9.17, 15) is 30.0 Å². The molecular formula is C13H22F6N5O4P. The number of carbonyl (C=O) groups excluding carboxylic acids is 1. The molecule has 4 N–H and O–H groups in total. The summed E-state index contributed by atoms with van der Waals surface area (Å²) in [6.45, 7) is 2.32. The minimum atomic E-state index is -10.7. The van der Waals surface area contributed by atoms with E-state index >= 15 is 0 Å². The molecule has 0 aromatic rings. The number of nitrogens with two attached hydrogens (primary N) is 2. The number of nitrogens with zero attached hydrogens (tertiary/aromatic N) is 3. The van der Waals surface area contributed by atoms with Gasteiger partial charge in [0, 0.05) is 0 Å². The number of quaternary nitrogens is 1. The van der Waals surface area contributed by atoms with Gasteiger partial charge in [-0.25, -0.2) is 4.90 Å². The summed E-state index contributed by atoms with van der Waals surface area (Å²) in [7, 11) is -8.86. The zero-order chi connectivity index (χ0) is 22.7. The monoisotopic (exact) mass is 457 g/mol. The van der Waals surface area contributed by atoms with Gasteiger partial charge in [-0.05, 0) is 24.5 Å². The van der Waals surface area contributed by atoms with E-state index in [1.165, 1.54) is 6.20 Å². The Morgan fingerprint density at radius 2 is 2.03 bits per heavy atom. The Morgan fingerprint density at radius 3 is 2.48 bits per heavy atom. The van der Waals surface area contributed by atoms with E-state index in [1.807, 2.05) is 6.07 Å². The summed E-state index contributed by atoms with van der Waals surface area (Å²) in [6, 6.07) is 1.90. The van der Waals surface area contributed by atoms with Crippen LogP contribution >= 0.6 is 7.81 Å². The van der Waals surface area contributed by atoms with Crippen molar-refractivity contribution in [2.45, 2.75) is 12.1 Å². The maximum atomic E-state index is 10.8. The normalized spacial score (nSPS) is 22.7. The third kappa shape index (κ3) is 15.5. The summed E-state index contributed by atoms with van der Waals surface area (Å²) in [6.07, 6.45) is 3.78. The van der Waals surface area contributed by atoms with Crippen molar-refractivity contribution in [2.24, 2.45) is 10.9 Å². The molecule has 1 saturated heterocycles. The SMILES string of the molecule is CN(CO/N=C(\C=O)OCCC#N)C1(/C=C/N)C[NH2+]CCO1.F[P-](F)(F)(F)(F)F. The van der Waals surface area contributed by atoms with Gasteiger partial charge >= 0.3 is 33.0 Å². The first-order valence-corrected chi connectivity index (χ1v) is 9.94. The van der Waals surface area contributed by atoms with Gasteiger partial charge in [-0.15, -0.1) is 0 Å². The number of carbonyl (C=O) groups is 1. The van der Waals surface area contributed by atoms with Crippen LogP contribution in [0.1, 0.15) is 6.42 Å². The predicted molar refractivity (Wildman–Crippen MR) is 90.6 cm³/mol. The molecule has 1 heterocycles. The van der Waals surface area contributed by atoms with Gasteiger partial charge in [-0.1, -0.05) is 0 Å². The minimum absolute atomic E-state index is 0.0805. The summed E-state index contributed by atoms with van der Waals surface area (Å²) in [5.41, 5.74) is 4.81. The Bertz CT molecular complexity index is 620. The van der Waals surface area contributed by atoms with Crippen molar-refractivity contribution in [3.63, 3.8) is 0 Å². The fraction of sp³-hybridized carbons (Fsp3) is 0.615. The van der Waals surface area contributed by atoms with Crippen molar-refractivity contribution < 1.29 is 49.6 Å². The molecule has 1 unspecified atom stereocenters. The van der Waals surface area contributed by atoms with Gasteiger partial charge in [-0.3, -0.25) is 4.79 Å². The van der Waals surface area contributed by atoms with E-state index in [-0.39, 0.29) is 25.7 Å². The van der Waals surface area contributed by atoms with E-state index in [1.54, 1.807) is 18.0 Å². The van der Waals surface area contributed by atoms with Crippen molar-refractivity contribution in [3.8, 4) is 6.07 Å². The number of nitriles is 1. The number of halogens is 6. The van der Waals surface area contributed by atoms with Gasteiger partial charge in [0.25, 0.3) is 5.90 Å². The van der Waals surface area contributed by atoms with Gasteiger partial charge in [0.1, 0.15) is 13.2 Å². The van der Waals surface area contributed by atoms with E-state index < -0.39 is 13.5 Å². The van der Waals surface area contributed by atoms with Crippen LogP contribution in [0.25, 0.3) is 0 Å². The predicted octanol–water partition coefficient (Wildman–Crippen LogP) is 1.48. The molecule has 1 aliphatic rings. The van der Waals surface area contributed by atoms with Gasteiger partial charge < -0.3 is 25.4 Å². The van der Waals surface area contributed by atoms with Gasteiger partial charge in [0.2, 0.25) is 6.29 Å². The fourth-order valence-corrected chi connectivity index (χ4v) is 1.92.